The van der Waals surface area contributed by atoms with E-state index in [2.05, 4.69) is 41.9 Å². The lowest BCUT2D eigenvalue weighted by atomic mass is 10.2. The summed E-state index contributed by atoms with van der Waals surface area (Å²) in [6.45, 7) is -0.423. The van der Waals surface area contributed by atoms with Crippen molar-refractivity contribution in [3.05, 3.63) is 37.9 Å². The van der Waals surface area contributed by atoms with Crippen LogP contribution in [-0.2, 0) is 14.3 Å². The van der Waals surface area contributed by atoms with Crippen molar-refractivity contribution in [2.75, 3.05) is 32.1 Å². The summed E-state index contributed by atoms with van der Waals surface area (Å²) < 4.78 is 32.3. The van der Waals surface area contributed by atoms with E-state index in [1.165, 1.54) is 4.90 Å². The molecular weight excluding hydrogens is 458 g/mol. The van der Waals surface area contributed by atoms with Crippen molar-refractivity contribution in [3.63, 3.8) is 0 Å². The van der Waals surface area contributed by atoms with Crippen molar-refractivity contribution >= 4 is 49.4 Å². The van der Waals surface area contributed by atoms with Gasteiger partial charge in [0.15, 0.2) is 5.82 Å². The molecule has 1 aromatic carbocycles. The van der Waals surface area contributed by atoms with Gasteiger partial charge in [-0.3, -0.25) is 4.79 Å². The van der Waals surface area contributed by atoms with Crippen LogP contribution in [0.5, 0.6) is 0 Å². The van der Waals surface area contributed by atoms with Crippen molar-refractivity contribution in [1.82, 2.24) is 4.90 Å². The topological polar surface area (TPSA) is 78.9 Å². The first-order valence-electron chi connectivity index (χ1n) is 6.63. The van der Waals surface area contributed by atoms with E-state index in [4.69, 9.17) is 5.11 Å². The van der Waals surface area contributed by atoms with Gasteiger partial charge in [0.1, 0.15) is 11.5 Å². The third-order valence-electron chi connectivity index (χ3n) is 3.32. The molecule has 24 heavy (non-hydrogen) atoms. The number of hydrogen-bond acceptors (Lipinski definition) is 5. The number of β-amino-alcohol motifs (C(OH)–C–C–N with tert-alkyl or cyclic N) is 1. The molecule has 0 unspecified atom stereocenters. The molecule has 0 fully saturated rings. The first-order valence-corrected chi connectivity index (χ1v) is 8.22. The molecule has 0 atom stereocenters. The van der Waals surface area contributed by atoms with Gasteiger partial charge in [0.05, 0.1) is 40.5 Å². The van der Waals surface area contributed by atoms with Gasteiger partial charge in [-0.1, -0.05) is 0 Å². The van der Waals surface area contributed by atoms with Crippen LogP contribution in [0.25, 0.3) is 0 Å². The Hall–Kier alpha value is -1.52. The maximum absolute atomic E-state index is 14.1. The number of carbonyl (C=O) groups excluding carboxylic acids is 2. The first-order chi connectivity index (χ1) is 11.3. The van der Waals surface area contributed by atoms with Gasteiger partial charge in [0.2, 0.25) is 0 Å². The number of ether oxygens (including phenoxy) is 1. The molecule has 2 N–H and O–H groups in total. The first kappa shape index (κ1) is 18.8. The molecular formula is C14H12Br2F2N2O4. The van der Waals surface area contributed by atoms with Crippen molar-refractivity contribution in [3.8, 4) is 0 Å². The number of rotatable bonds is 5. The Bertz CT molecular complexity index is 740. The summed E-state index contributed by atoms with van der Waals surface area (Å²) in [5, 5.41) is 11.5. The summed E-state index contributed by atoms with van der Waals surface area (Å²) in [6, 6.07) is 0.895. The fraction of sp³-hybridized carbons (Fsp3) is 0.286. The third-order valence-corrected chi connectivity index (χ3v) is 4.64. The van der Waals surface area contributed by atoms with Crippen LogP contribution >= 0.6 is 31.9 Å². The molecule has 2 rings (SSSR count). The Morgan fingerprint density at radius 1 is 1.46 bits per heavy atom. The van der Waals surface area contributed by atoms with Crippen LogP contribution in [0.15, 0.2) is 26.3 Å². The predicted molar refractivity (Wildman–Crippen MR) is 88.1 cm³/mol. The lowest BCUT2D eigenvalue weighted by Gasteiger charge is -2.16. The molecule has 0 spiro atoms. The molecule has 1 aromatic rings. The maximum Gasteiger partial charge on any atom is 0.337 e. The van der Waals surface area contributed by atoms with E-state index in [0.717, 1.165) is 13.2 Å². The van der Waals surface area contributed by atoms with Crippen LogP contribution < -0.4 is 5.32 Å². The van der Waals surface area contributed by atoms with Crippen molar-refractivity contribution in [1.29, 1.82) is 0 Å². The van der Waals surface area contributed by atoms with Crippen molar-refractivity contribution in [2.24, 2.45) is 0 Å². The summed E-state index contributed by atoms with van der Waals surface area (Å²) in [5.41, 5.74) is -0.589. The quantitative estimate of drug-likeness (QED) is 0.392. The molecule has 0 aromatic heterocycles. The van der Waals surface area contributed by atoms with E-state index in [0.29, 0.717) is 0 Å². The van der Waals surface area contributed by atoms with Gasteiger partial charge in [0.25, 0.3) is 5.91 Å². The number of amides is 1. The molecule has 1 aliphatic heterocycles. The van der Waals surface area contributed by atoms with Crippen LogP contribution in [0, 0.1) is 11.6 Å². The van der Waals surface area contributed by atoms with Gasteiger partial charge >= 0.3 is 5.97 Å². The Balaban J connectivity index is 2.47. The highest BCUT2D eigenvalue weighted by Gasteiger charge is 2.35. The molecule has 0 aliphatic carbocycles. The molecule has 1 heterocycles. The number of anilines is 1. The van der Waals surface area contributed by atoms with E-state index in [1.54, 1.807) is 0 Å². The van der Waals surface area contributed by atoms with Crippen LogP contribution in [0.4, 0.5) is 14.5 Å². The minimum Gasteiger partial charge on any atom is -0.466 e. The van der Waals surface area contributed by atoms with E-state index < -0.39 is 23.5 Å². The number of nitrogens with zero attached hydrogens (tertiary/aromatic N) is 1. The summed E-state index contributed by atoms with van der Waals surface area (Å²) >= 11 is 5.79. The number of benzene rings is 1. The van der Waals surface area contributed by atoms with Gasteiger partial charge in [-0.2, -0.15) is 0 Å². The number of hydrogen-bond donors (Lipinski definition) is 2. The normalized spacial score (nSPS) is 14.4. The van der Waals surface area contributed by atoms with Gasteiger partial charge in [0, 0.05) is 6.54 Å². The molecule has 6 nitrogen and oxygen atoms in total. The zero-order valence-corrected chi connectivity index (χ0v) is 15.5. The average molecular weight is 470 g/mol. The fourth-order valence-electron chi connectivity index (χ4n) is 2.15. The van der Waals surface area contributed by atoms with E-state index in [1.807, 2.05) is 0 Å². The number of aliphatic hydroxyl groups is 1. The Kier molecular flexibility index (Phi) is 5.94. The summed E-state index contributed by atoms with van der Waals surface area (Å²) in [7, 11) is 1.14. The summed E-state index contributed by atoms with van der Waals surface area (Å²) in [5.74, 6) is -3.00. The number of aliphatic hydroxyl groups excluding tert-OH is 1. The third kappa shape index (κ3) is 3.45. The zero-order valence-electron chi connectivity index (χ0n) is 12.3. The minimum atomic E-state index is -0.833. The molecule has 10 heteroatoms. The standard InChI is InChI=1S/C14H12Br2F2N2O4/c1-24-14(23)6-5-20(2-3-21)13(22)11(6)19-12-8(17)4-7(15)10(18)9(12)16/h4,19,21H,2-3,5H2,1H3. The summed E-state index contributed by atoms with van der Waals surface area (Å²) in [4.78, 5) is 25.4. The molecule has 0 saturated carbocycles. The maximum atomic E-state index is 14.1. The molecule has 1 amide bonds. The number of halogens is 4. The minimum absolute atomic E-state index is 0.0111. The second-order valence-corrected chi connectivity index (χ2v) is 6.41. The molecule has 0 saturated heterocycles. The fourth-order valence-corrected chi connectivity index (χ4v) is 3.32. The lowest BCUT2D eigenvalue weighted by molar-refractivity contribution is -0.136. The van der Waals surface area contributed by atoms with Gasteiger partial charge in [-0.25, -0.2) is 13.6 Å². The largest absolute Gasteiger partial charge is 0.466 e. The summed E-state index contributed by atoms with van der Waals surface area (Å²) in [6.07, 6.45) is 0. The number of esters is 1. The van der Waals surface area contributed by atoms with Crippen LogP contribution in [0.2, 0.25) is 0 Å². The number of nitrogens with one attached hydrogen (secondary N) is 1. The van der Waals surface area contributed by atoms with Gasteiger partial charge in [-0.15, -0.1) is 0 Å². The second kappa shape index (κ2) is 7.58. The Morgan fingerprint density at radius 2 is 2.12 bits per heavy atom. The van der Waals surface area contributed by atoms with E-state index >= 15 is 0 Å². The smallest absolute Gasteiger partial charge is 0.337 e. The molecule has 130 valence electrons. The van der Waals surface area contributed by atoms with Crippen molar-refractivity contribution < 1.29 is 28.2 Å². The highest BCUT2D eigenvalue weighted by molar-refractivity contribution is 9.11. The van der Waals surface area contributed by atoms with Crippen LogP contribution in [-0.4, -0.2) is 48.7 Å². The second-order valence-electron chi connectivity index (χ2n) is 4.76. The Morgan fingerprint density at radius 3 is 2.71 bits per heavy atom. The van der Waals surface area contributed by atoms with Crippen LogP contribution in [0.1, 0.15) is 0 Å². The average Bonchev–Trinajstić information content (AvgIpc) is 2.85. The zero-order chi connectivity index (χ0) is 18.0. The van der Waals surface area contributed by atoms with E-state index in [-0.39, 0.29) is 45.6 Å². The molecule has 1 aliphatic rings. The highest BCUT2D eigenvalue weighted by Crippen LogP contribution is 2.35. The van der Waals surface area contributed by atoms with Gasteiger partial charge < -0.3 is 20.1 Å². The monoisotopic (exact) mass is 468 g/mol. The SMILES string of the molecule is COC(=O)C1=C(Nc2c(F)cc(Br)c(F)c2Br)C(=O)N(CCO)C1. The van der Waals surface area contributed by atoms with E-state index in [9.17, 15) is 18.4 Å². The van der Waals surface area contributed by atoms with Crippen LogP contribution in [0.3, 0.4) is 0 Å². The van der Waals surface area contributed by atoms with Gasteiger partial charge in [-0.05, 0) is 37.9 Å². The Labute approximate surface area is 152 Å². The predicted octanol–water partition coefficient (Wildman–Crippen LogP) is 2.16. The molecule has 0 bridgehead atoms. The molecule has 0 radical (unpaired) electrons. The highest BCUT2D eigenvalue weighted by atomic mass is 79.9. The number of carbonyl (C=O) groups is 2. The lowest BCUT2D eigenvalue weighted by Crippen LogP contribution is -2.31. The number of methoxy groups -OCH3 is 1. The van der Waals surface area contributed by atoms with Crippen molar-refractivity contribution in [2.45, 2.75) is 0 Å².